The lowest BCUT2D eigenvalue weighted by molar-refractivity contribution is 0.297. The number of aryl methyl sites for hydroxylation is 1. The third kappa shape index (κ3) is 5.05. The molecule has 2 N–H and O–H groups in total. The fraction of sp³-hybridized carbons (Fsp3) is 0.533. The number of rotatable bonds is 7. The minimum Gasteiger partial charge on any atom is -0.494 e. The van der Waals surface area contributed by atoms with Gasteiger partial charge in [0.15, 0.2) is 0 Å². The molecule has 2 nitrogen and oxygen atoms in total. The third-order valence-corrected chi connectivity index (χ3v) is 3.71. The molecule has 0 saturated heterocycles. The summed E-state index contributed by atoms with van der Waals surface area (Å²) in [5.74, 6) is 0.939. The Morgan fingerprint density at radius 2 is 1.83 bits per heavy atom. The van der Waals surface area contributed by atoms with Gasteiger partial charge in [-0.3, -0.25) is 0 Å². The van der Waals surface area contributed by atoms with Crippen molar-refractivity contribution in [2.45, 2.75) is 40.0 Å². The molecule has 0 aromatic heterocycles. The van der Waals surface area contributed by atoms with Crippen molar-refractivity contribution in [3.8, 4) is 5.75 Å². The van der Waals surface area contributed by atoms with Gasteiger partial charge in [-0.2, -0.15) is 0 Å². The Morgan fingerprint density at radius 3 is 2.39 bits per heavy atom. The molecule has 0 aliphatic rings. The maximum Gasteiger partial charge on any atom is 0.119 e. The molecule has 0 aliphatic carbocycles. The van der Waals surface area contributed by atoms with E-state index < -0.39 is 0 Å². The Labute approximate surface area is 116 Å². The van der Waals surface area contributed by atoms with Crippen molar-refractivity contribution in [2.24, 2.45) is 11.1 Å². The summed E-state index contributed by atoms with van der Waals surface area (Å²) in [7, 11) is 0. The van der Waals surface area contributed by atoms with Crippen molar-refractivity contribution in [3.05, 3.63) is 29.8 Å². The van der Waals surface area contributed by atoms with Gasteiger partial charge >= 0.3 is 0 Å². The molecule has 3 heteroatoms. The minimum absolute atomic E-state index is 0.0425. The van der Waals surface area contributed by atoms with Crippen LogP contribution in [-0.4, -0.2) is 11.6 Å². The highest BCUT2D eigenvalue weighted by molar-refractivity contribution is 7.80. The van der Waals surface area contributed by atoms with Gasteiger partial charge in [0.25, 0.3) is 0 Å². The number of ether oxygens (including phenoxy) is 1. The number of hydrogen-bond donors (Lipinski definition) is 1. The second-order valence-corrected chi connectivity index (χ2v) is 5.81. The predicted molar refractivity (Wildman–Crippen MR) is 81.1 cm³/mol. The van der Waals surface area contributed by atoms with Crippen LogP contribution in [0.1, 0.15) is 38.7 Å². The summed E-state index contributed by atoms with van der Waals surface area (Å²) in [5.41, 5.74) is 6.90. The summed E-state index contributed by atoms with van der Waals surface area (Å²) in [6.45, 7) is 7.00. The van der Waals surface area contributed by atoms with Crippen LogP contribution in [0.3, 0.4) is 0 Å². The van der Waals surface area contributed by atoms with E-state index in [4.69, 9.17) is 22.7 Å². The predicted octanol–water partition coefficient (Wildman–Crippen LogP) is 3.86. The van der Waals surface area contributed by atoms with Gasteiger partial charge in [0.05, 0.1) is 11.6 Å². The van der Waals surface area contributed by atoms with Gasteiger partial charge in [-0.15, -0.1) is 0 Å². The largest absolute Gasteiger partial charge is 0.494 e. The summed E-state index contributed by atoms with van der Waals surface area (Å²) in [5, 5.41) is 0. The van der Waals surface area contributed by atoms with Crippen LogP contribution < -0.4 is 10.5 Å². The van der Waals surface area contributed by atoms with Crippen LogP contribution in [0.25, 0.3) is 0 Å². The van der Waals surface area contributed by atoms with Gasteiger partial charge in [0.2, 0.25) is 0 Å². The van der Waals surface area contributed by atoms with E-state index in [0.29, 0.717) is 4.99 Å². The summed E-state index contributed by atoms with van der Waals surface area (Å²) >= 11 is 5.04. The standard InChI is InChI=1S/C15H23NOS/c1-12-6-8-13(9-7-12)17-11-5-4-10-15(2,3)14(16)18/h6-9H,4-5,10-11H2,1-3H3,(H2,16,18). The average molecular weight is 265 g/mol. The van der Waals surface area contributed by atoms with Gasteiger partial charge in [-0.25, -0.2) is 0 Å². The molecule has 0 fully saturated rings. The van der Waals surface area contributed by atoms with Crippen LogP contribution >= 0.6 is 12.2 Å². The van der Waals surface area contributed by atoms with Gasteiger partial charge in [-0.1, -0.05) is 43.8 Å². The lowest BCUT2D eigenvalue weighted by atomic mass is 9.87. The number of thiocarbonyl (C=S) groups is 1. The SMILES string of the molecule is Cc1ccc(OCCCCC(C)(C)C(N)=S)cc1. The average Bonchev–Trinajstić information content (AvgIpc) is 2.31. The lowest BCUT2D eigenvalue weighted by Gasteiger charge is -2.22. The van der Waals surface area contributed by atoms with Crippen LogP contribution in [-0.2, 0) is 0 Å². The molecule has 1 aromatic carbocycles. The molecule has 0 heterocycles. The van der Waals surface area contributed by atoms with Crippen molar-refractivity contribution in [1.29, 1.82) is 0 Å². The quantitative estimate of drug-likeness (QED) is 0.600. The van der Waals surface area contributed by atoms with E-state index in [1.54, 1.807) is 0 Å². The Morgan fingerprint density at radius 1 is 1.22 bits per heavy atom. The van der Waals surface area contributed by atoms with Crippen LogP contribution in [0.2, 0.25) is 0 Å². The fourth-order valence-electron chi connectivity index (χ4n) is 1.62. The first-order valence-corrected chi connectivity index (χ1v) is 6.82. The summed E-state index contributed by atoms with van der Waals surface area (Å²) in [4.78, 5) is 0.599. The van der Waals surface area contributed by atoms with Crippen molar-refractivity contribution in [1.82, 2.24) is 0 Å². The zero-order valence-electron chi connectivity index (χ0n) is 11.5. The molecule has 1 aromatic rings. The highest BCUT2D eigenvalue weighted by atomic mass is 32.1. The van der Waals surface area contributed by atoms with Crippen molar-refractivity contribution < 1.29 is 4.74 Å². The first-order valence-electron chi connectivity index (χ1n) is 6.41. The summed E-state index contributed by atoms with van der Waals surface area (Å²) in [6, 6.07) is 8.14. The minimum atomic E-state index is -0.0425. The van der Waals surface area contributed by atoms with Crippen molar-refractivity contribution in [3.63, 3.8) is 0 Å². The molecule has 0 amide bonds. The second-order valence-electron chi connectivity index (χ2n) is 5.37. The maximum absolute atomic E-state index is 5.69. The van der Waals surface area contributed by atoms with E-state index in [0.717, 1.165) is 31.6 Å². The fourth-order valence-corrected chi connectivity index (χ4v) is 1.72. The lowest BCUT2D eigenvalue weighted by Crippen LogP contribution is -2.29. The molecule has 18 heavy (non-hydrogen) atoms. The van der Waals surface area contributed by atoms with Crippen LogP contribution in [0.15, 0.2) is 24.3 Å². The first kappa shape index (κ1) is 15.0. The molecule has 0 unspecified atom stereocenters. The monoisotopic (exact) mass is 265 g/mol. The number of nitrogens with two attached hydrogens (primary N) is 1. The Bertz CT molecular complexity index is 384. The Hall–Kier alpha value is -1.09. The van der Waals surface area contributed by atoms with Crippen LogP contribution in [0.4, 0.5) is 0 Å². The topological polar surface area (TPSA) is 35.2 Å². The van der Waals surface area contributed by atoms with E-state index in [1.165, 1.54) is 5.56 Å². The zero-order valence-corrected chi connectivity index (χ0v) is 12.3. The van der Waals surface area contributed by atoms with Gasteiger partial charge in [-0.05, 0) is 38.3 Å². The molecule has 0 spiro atoms. The normalized spacial score (nSPS) is 11.3. The number of benzene rings is 1. The van der Waals surface area contributed by atoms with E-state index in [1.807, 2.05) is 12.1 Å². The Kier molecular flexibility index (Phi) is 5.60. The van der Waals surface area contributed by atoms with E-state index in [2.05, 4.69) is 32.9 Å². The molecule has 0 saturated carbocycles. The number of hydrogen-bond acceptors (Lipinski definition) is 2. The number of unbranched alkanes of at least 4 members (excludes halogenated alkanes) is 1. The molecule has 0 bridgehead atoms. The molecule has 0 aliphatic heterocycles. The van der Waals surface area contributed by atoms with Gasteiger partial charge < -0.3 is 10.5 Å². The van der Waals surface area contributed by atoms with E-state index in [-0.39, 0.29) is 5.41 Å². The van der Waals surface area contributed by atoms with Gasteiger partial charge in [0, 0.05) is 5.41 Å². The van der Waals surface area contributed by atoms with Gasteiger partial charge in [0.1, 0.15) is 5.75 Å². The highest BCUT2D eigenvalue weighted by Crippen LogP contribution is 2.23. The Balaban J connectivity index is 2.20. The van der Waals surface area contributed by atoms with Crippen molar-refractivity contribution >= 4 is 17.2 Å². The van der Waals surface area contributed by atoms with Crippen LogP contribution in [0, 0.1) is 12.3 Å². The first-order chi connectivity index (χ1) is 8.42. The molecular weight excluding hydrogens is 242 g/mol. The zero-order chi connectivity index (χ0) is 13.6. The van der Waals surface area contributed by atoms with E-state index >= 15 is 0 Å². The third-order valence-electron chi connectivity index (χ3n) is 3.15. The highest BCUT2D eigenvalue weighted by Gasteiger charge is 2.20. The molecule has 0 atom stereocenters. The summed E-state index contributed by atoms with van der Waals surface area (Å²) < 4.78 is 5.67. The molecule has 100 valence electrons. The van der Waals surface area contributed by atoms with E-state index in [9.17, 15) is 0 Å². The molecule has 0 radical (unpaired) electrons. The second kappa shape index (κ2) is 6.74. The van der Waals surface area contributed by atoms with Crippen LogP contribution in [0.5, 0.6) is 5.75 Å². The smallest absolute Gasteiger partial charge is 0.119 e. The van der Waals surface area contributed by atoms with Crippen molar-refractivity contribution in [2.75, 3.05) is 6.61 Å². The summed E-state index contributed by atoms with van der Waals surface area (Å²) in [6.07, 6.45) is 3.12. The molecular formula is C15H23NOS. The molecule has 1 rings (SSSR count). The maximum atomic E-state index is 5.69.